The molecule has 1 fully saturated rings. The Hall–Kier alpha value is -0.650. The second-order valence-electron chi connectivity index (χ2n) is 4.82. The van der Waals surface area contributed by atoms with Gasteiger partial charge < -0.3 is 20.5 Å². The molecule has 0 aliphatic carbocycles. The van der Waals surface area contributed by atoms with Crippen LogP contribution < -0.4 is 11.1 Å². The maximum atomic E-state index is 11.4. The third-order valence-electron chi connectivity index (χ3n) is 2.96. The topological polar surface area (TPSA) is 73.6 Å². The lowest BCUT2D eigenvalue weighted by Crippen LogP contribution is -2.46. The summed E-state index contributed by atoms with van der Waals surface area (Å²) in [5.41, 5.74) is 5.47. The number of amides is 1. The zero-order chi connectivity index (χ0) is 12.7. The van der Waals surface area contributed by atoms with E-state index in [1.54, 1.807) is 0 Å². The van der Waals surface area contributed by atoms with Gasteiger partial charge in [0.1, 0.15) is 0 Å². The van der Waals surface area contributed by atoms with Crippen molar-refractivity contribution in [3.8, 4) is 0 Å². The van der Waals surface area contributed by atoms with Crippen LogP contribution >= 0.6 is 0 Å². The first-order valence-corrected chi connectivity index (χ1v) is 6.29. The highest BCUT2D eigenvalue weighted by Crippen LogP contribution is 2.23. The predicted molar refractivity (Wildman–Crippen MR) is 65.7 cm³/mol. The molecule has 1 amide bonds. The predicted octanol–water partition coefficient (Wildman–Crippen LogP) is 0.426. The van der Waals surface area contributed by atoms with Crippen LogP contribution in [0.3, 0.4) is 0 Å². The zero-order valence-corrected chi connectivity index (χ0v) is 10.8. The molecule has 0 atom stereocenters. The summed E-state index contributed by atoms with van der Waals surface area (Å²) >= 11 is 0. The van der Waals surface area contributed by atoms with Crippen LogP contribution in [0.15, 0.2) is 0 Å². The molecule has 1 rings (SSSR count). The van der Waals surface area contributed by atoms with Crippen molar-refractivity contribution in [1.82, 2.24) is 5.32 Å². The Balaban J connectivity index is 2.25. The molecule has 0 aromatic carbocycles. The summed E-state index contributed by atoms with van der Waals surface area (Å²) in [5, 5.41) is 2.84. The van der Waals surface area contributed by atoms with E-state index in [2.05, 4.69) is 5.32 Å². The van der Waals surface area contributed by atoms with Crippen LogP contribution in [0.2, 0.25) is 0 Å². The minimum atomic E-state index is -0.281. The van der Waals surface area contributed by atoms with Gasteiger partial charge in [0.2, 0.25) is 5.91 Å². The monoisotopic (exact) mass is 244 g/mol. The largest absolute Gasteiger partial charge is 0.381 e. The van der Waals surface area contributed by atoms with Gasteiger partial charge in [0.05, 0.1) is 12.2 Å². The molecule has 1 heterocycles. The molecule has 0 aromatic heterocycles. The summed E-state index contributed by atoms with van der Waals surface area (Å²) in [5.74, 6) is 0.0271. The number of hydrogen-bond donors (Lipinski definition) is 2. The second-order valence-corrected chi connectivity index (χ2v) is 4.82. The normalized spacial score (nSPS) is 19.3. The number of nitrogens with two attached hydrogens (primary N) is 1. The van der Waals surface area contributed by atoms with Crippen molar-refractivity contribution in [3.63, 3.8) is 0 Å². The van der Waals surface area contributed by atoms with Gasteiger partial charge >= 0.3 is 0 Å². The van der Waals surface area contributed by atoms with Crippen LogP contribution in [0.4, 0.5) is 0 Å². The third-order valence-corrected chi connectivity index (χ3v) is 2.96. The van der Waals surface area contributed by atoms with Crippen molar-refractivity contribution in [2.45, 2.75) is 44.8 Å². The van der Waals surface area contributed by atoms with E-state index in [-0.39, 0.29) is 17.6 Å². The minimum absolute atomic E-state index is 0.0271. The Kier molecular flexibility index (Phi) is 5.88. The van der Waals surface area contributed by atoms with Crippen molar-refractivity contribution in [1.29, 1.82) is 0 Å². The van der Waals surface area contributed by atoms with Gasteiger partial charge in [-0.1, -0.05) is 0 Å². The summed E-state index contributed by atoms with van der Waals surface area (Å²) in [6.07, 6.45) is 2.02. The fraction of sp³-hybridized carbons (Fsp3) is 0.917. The van der Waals surface area contributed by atoms with E-state index in [0.29, 0.717) is 32.8 Å². The first-order valence-electron chi connectivity index (χ1n) is 6.29. The number of nitrogens with one attached hydrogen (secondary N) is 1. The van der Waals surface area contributed by atoms with Gasteiger partial charge in [-0.2, -0.15) is 0 Å². The van der Waals surface area contributed by atoms with Gasteiger partial charge in [0, 0.05) is 45.1 Å². The van der Waals surface area contributed by atoms with Crippen molar-refractivity contribution < 1.29 is 14.3 Å². The van der Waals surface area contributed by atoms with Gasteiger partial charge in [-0.15, -0.1) is 0 Å². The van der Waals surface area contributed by atoms with Crippen LogP contribution in [-0.4, -0.2) is 43.9 Å². The molecule has 3 N–H and O–H groups in total. The summed E-state index contributed by atoms with van der Waals surface area (Å²) < 4.78 is 11.1. The molecule has 1 aliphatic rings. The van der Waals surface area contributed by atoms with E-state index in [4.69, 9.17) is 15.2 Å². The highest BCUT2D eigenvalue weighted by molar-refractivity contribution is 5.76. The number of ether oxygens (including phenoxy) is 2. The summed E-state index contributed by atoms with van der Waals surface area (Å²) in [4.78, 5) is 11.4. The van der Waals surface area contributed by atoms with Crippen LogP contribution in [0.5, 0.6) is 0 Å². The molecule has 0 bridgehead atoms. The summed E-state index contributed by atoms with van der Waals surface area (Å²) in [6, 6.07) is 0.175. The highest BCUT2D eigenvalue weighted by Gasteiger charge is 2.32. The van der Waals surface area contributed by atoms with Crippen molar-refractivity contribution in [2.75, 3.05) is 26.4 Å². The fourth-order valence-corrected chi connectivity index (χ4v) is 1.91. The number of hydrogen-bond acceptors (Lipinski definition) is 4. The van der Waals surface area contributed by atoms with Crippen LogP contribution in [-0.2, 0) is 14.3 Å². The molecule has 0 saturated carbocycles. The molecule has 5 heteroatoms. The van der Waals surface area contributed by atoms with E-state index in [1.165, 1.54) is 0 Å². The van der Waals surface area contributed by atoms with E-state index in [1.807, 2.05) is 13.8 Å². The first kappa shape index (κ1) is 14.4. The maximum Gasteiger partial charge on any atom is 0.222 e. The van der Waals surface area contributed by atoms with Crippen LogP contribution in [0, 0.1) is 0 Å². The van der Waals surface area contributed by atoms with Crippen molar-refractivity contribution in [3.05, 3.63) is 0 Å². The molecule has 0 spiro atoms. The molecule has 17 heavy (non-hydrogen) atoms. The minimum Gasteiger partial charge on any atom is -0.381 e. The standard InChI is InChI=1S/C12H24N2O3/c1-10(2)14-11(15)3-6-17-12(9-13)4-7-16-8-5-12/h10H,3-9,13H2,1-2H3,(H,14,15). The SMILES string of the molecule is CC(C)NC(=O)CCOC1(CN)CCOCC1. The van der Waals surface area contributed by atoms with Gasteiger partial charge in [-0.25, -0.2) is 0 Å². The molecule has 1 aliphatic heterocycles. The average Bonchev–Trinajstić information content (AvgIpc) is 2.29. The van der Waals surface area contributed by atoms with Crippen molar-refractivity contribution >= 4 is 5.91 Å². The Morgan fingerprint density at radius 2 is 2.12 bits per heavy atom. The van der Waals surface area contributed by atoms with E-state index >= 15 is 0 Å². The van der Waals surface area contributed by atoms with Gasteiger partial charge in [0.15, 0.2) is 0 Å². The lowest BCUT2D eigenvalue weighted by atomic mass is 9.94. The first-order chi connectivity index (χ1) is 8.08. The number of carbonyl (C=O) groups excluding carboxylic acids is 1. The van der Waals surface area contributed by atoms with Gasteiger partial charge in [-0.05, 0) is 13.8 Å². The summed E-state index contributed by atoms with van der Waals surface area (Å²) in [6.45, 7) is 6.18. The van der Waals surface area contributed by atoms with Gasteiger partial charge in [-0.3, -0.25) is 4.79 Å². The lowest BCUT2D eigenvalue weighted by molar-refractivity contribution is -0.129. The lowest BCUT2D eigenvalue weighted by Gasteiger charge is -2.36. The van der Waals surface area contributed by atoms with Gasteiger partial charge in [0.25, 0.3) is 0 Å². The molecule has 0 radical (unpaired) electrons. The molecular formula is C12H24N2O3. The average molecular weight is 244 g/mol. The molecular weight excluding hydrogens is 220 g/mol. The quantitative estimate of drug-likeness (QED) is 0.710. The fourth-order valence-electron chi connectivity index (χ4n) is 1.91. The highest BCUT2D eigenvalue weighted by atomic mass is 16.5. The van der Waals surface area contributed by atoms with E-state index in [0.717, 1.165) is 12.8 Å². The number of carbonyl (C=O) groups is 1. The maximum absolute atomic E-state index is 11.4. The molecule has 1 saturated heterocycles. The molecule has 100 valence electrons. The Labute approximate surface area is 103 Å². The van der Waals surface area contributed by atoms with Crippen LogP contribution in [0.25, 0.3) is 0 Å². The molecule has 0 unspecified atom stereocenters. The molecule has 5 nitrogen and oxygen atoms in total. The van der Waals surface area contributed by atoms with Crippen LogP contribution in [0.1, 0.15) is 33.1 Å². The smallest absolute Gasteiger partial charge is 0.222 e. The Morgan fingerprint density at radius 3 is 2.65 bits per heavy atom. The zero-order valence-electron chi connectivity index (χ0n) is 10.8. The van der Waals surface area contributed by atoms with E-state index in [9.17, 15) is 4.79 Å². The Morgan fingerprint density at radius 1 is 1.47 bits per heavy atom. The number of rotatable bonds is 6. The second kappa shape index (κ2) is 6.93. The molecule has 0 aromatic rings. The Bertz CT molecular complexity index is 238. The van der Waals surface area contributed by atoms with E-state index < -0.39 is 0 Å². The third kappa shape index (κ3) is 5.02. The van der Waals surface area contributed by atoms with Crippen molar-refractivity contribution in [2.24, 2.45) is 5.73 Å². The summed E-state index contributed by atoms with van der Waals surface area (Å²) in [7, 11) is 0.